The largest absolute Gasteiger partial charge is 0.453 e. The fraction of sp³-hybridized carbons (Fsp3) is 0.643. The third-order valence-corrected chi connectivity index (χ3v) is 4.21. The van der Waals surface area contributed by atoms with Crippen LogP contribution in [0.15, 0.2) is 10.8 Å². The molecule has 8 heteroatoms. The van der Waals surface area contributed by atoms with Gasteiger partial charge in [-0.2, -0.15) is 0 Å². The average molecular weight is 373 g/mol. The van der Waals surface area contributed by atoms with Gasteiger partial charge in [-0.1, -0.05) is 13.8 Å². The van der Waals surface area contributed by atoms with Gasteiger partial charge in [-0.3, -0.25) is 4.79 Å². The number of likely N-dealkylation sites (tertiary alicyclic amines) is 1. The van der Waals surface area contributed by atoms with Gasteiger partial charge in [0.25, 0.3) is 0 Å². The molecule has 0 aliphatic carbocycles. The molecule has 1 aromatic rings. The SMILES string of the molecule is COC(=O)NC(C(=O)N1CCC[C@H]1c1ncc(Br)[nH]1)C(C)C. The summed E-state index contributed by atoms with van der Waals surface area (Å²) in [6, 6.07) is -0.689. The van der Waals surface area contributed by atoms with Crippen molar-refractivity contribution in [3.63, 3.8) is 0 Å². The van der Waals surface area contributed by atoms with Gasteiger partial charge in [0.15, 0.2) is 0 Å². The van der Waals surface area contributed by atoms with E-state index in [-0.39, 0.29) is 17.9 Å². The van der Waals surface area contributed by atoms with Crippen molar-refractivity contribution >= 4 is 27.9 Å². The van der Waals surface area contributed by atoms with Gasteiger partial charge >= 0.3 is 6.09 Å². The topological polar surface area (TPSA) is 87.3 Å². The summed E-state index contributed by atoms with van der Waals surface area (Å²) in [7, 11) is 1.29. The van der Waals surface area contributed by atoms with Crippen molar-refractivity contribution in [3.05, 3.63) is 16.6 Å². The maximum absolute atomic E-state index is 12.8. The lowest BCUT2D eigenvalue weighted by Gasteiger charge is -2.29. The summed E-state index contributed by atoms with van der Waals surface area (Å²) in [4.78, 5) is 33.5. The lowest BCUT2D eigenvalue weighted by Crippen LogP contribution is -2.51. The third-order valence-electron chi connectivity index (χ3n) is 3.81. The number of imidazole rings is 1. The Balaban J connectivity index is 2.16. The van der Waals surface area contributed by atoms with Crippen molar-refractivity contribution in [3.8, 4) is 0 Å². The second-order valence-corrected chi connectivity index (χ2v) is 6.52. The molecule has 0 radical (unpaired) electrons. The monoisotopic (exact) mass is 372 g/mol. The Labute approximate surface area is 137 Å². The molecule has 22 heavy (non-hydrogen) atoms. The van der Waals surface area contributed by atoms with Crippen molar-refractivity contribution < 1.29 is 14.3 Å². The minimum Gasteiger partial charge on any atom is -0.453 e. The molecular weight excluding hydrogens is 352 g/mol. The zero-order valence-corrected chi connectivity index (χ0v) is 14.5. The van der Waals surface area contributed by atoms with Crippen molar-refractivity contribution in [2.24, 2.45) is 5.92 Å². The number of halogens is 1. The number of nitrogens with one attached hydrogen (secondary N) is 2. The lowest BCUT2D eigenvalue weighted by atomic mass is 10.0. The molecule has 1 aliphatic rings. The normalized spacial score (nSPS) is 19.3. The number of aromatic nitrogens is 2. The number of aromatic amines is 1. The molecule has 0 bridgehead atoms. The number of amides is 2. The van der Waals surface area contributed by atoms with Crippen LogP contribution in [0.3, 0.4) is 0 Å². The summed E-state index contributed by atoms with van der Waals surface area (Å²) < 4.78 is 5.40. The van der Waals surface area contributed by atoms with Crippen molar-refractivity contribution in [1.82, 2.24) is 20.2 Å². The summed E-state index contributed by atoms with van der Waals surface area (Å²) in [5.41, 5.74) is 0. The molecule has 122 valence electrons. The van der Waals surface area contributed by atoms with Gasteiger partial charge < -0.3 is 19.9 Å². The molecule has 1 unspecified atom stereocenters. The van der Waals surface area contributed by atoms with E-state index in [1.54, 1.807) is 11.1 Å². The highest BCUT2D eigenvalue weighted by Crippen LogP contribution is 2.31. The van der Waals surface area contributed by atoms with Gasteiger partial charge in [0.2, 0.25) is 5.91 Å². The van der Waals surface area contributed by atoms with E-state index in [1.165, 1.54) is 7.11 Å². The van der Waals surface area contributed by atoms with Crippen LogP contribution in [-0.2, 0) is 9.53 Å². The minimum atomic E-state index is -0.605. The second kappa shape index (κ2) is 7.13. The van der Waals surface area contributed by atoms with E-state index >= 15 is 0 Å². The van der Waals surface area contributed by atoms with Crippen LogP contribution in [0.2, 0.25) is 0 Å². The quantitative estimate of drug-likeness (QED) is 0.847. The average Bonchev–Trinajstić information content (AvgIpc) is 3.11. The maximum Gasteiger partial charge on any atom is 0.407 e. The molecule has 1 saturated heterocycles. The van der Waals surface area contributed by atoms with Crippen LogP contribution < -0.4 is 5.32 Å². The molecule has 1 aromatic heterocycles. The third kappa shape index (κ3) is 3.60. The zero-order chi connectivity index (χ0) is 16.3. The Morgan fingerprint density at radius 1 is 1.55 bits per heavy atom. The van der Waals surface area contributed by atoms with Crippen molar-refractivity contribution in [2.75, 3.05) is 13.7 Å². The molecule has 1 aliphatic heterocycles. The first kappa shape index (κ1) is 16.8. The van der Waals surface area contributed by atoms with Gasteiger partial charge in [-0.15, -0.1) is 0 Å². The van der Waals surface area contributed by atoms with Crippen LogP contribution in [0.25, 0.3) is 0 Å². The van der Waals surface area contributed by atoms with Crippen LogP contribution in [0.5, 0.6) is 0 Å². The number of hydrogen-bond donors (Lipinski definition) is 2. The fourth-order valence-corrected chi connectivity index (χ4v) is 2.98. The Kier molecular flexibility index (Phi) is 5.44. The Morgan fingerprint density at radius 2 is 2.27 bits per heavy atom. The zero-order valence-electron chi connectivity index (χ0n) is 12.9. The molecule has 7 nitrogen and oxygen atoms in total. The first-order valence-electron chi connectivity index (χ1n) is 7.29. The second-order valence-electron chi connectivity index (χ2n) is 5.66. The van der Waals surface area contributed by atoms with E-state index in [4.69, 9.17) is 0 Å². The highest BCUT2D eigenvalue weighted by Gasteiger charge is 2.37. The van der Waals surface area contributed by atoms with E-state index in [9.17, 15) is 9.59 Å². The summed E-state index contributed by atoms with van der Waals surface area (Å²) in [5.74, 6) is 0.630. The molecule has 1 fully saturated rings. The highest BCUT2D eigenvalue weighted by molar-refractivity contribution is 9.10. The predicted octanol–water partition coefficient (Wildman–Crippen LogP) is 2.22. The molecule has 2 rings (SSSR count). The summed E-state index contributed by atoms with van der Waals surface area (Å²) in [6.07, 6.45) is 2.86. The Morgan fingerprint density at radius 3 is 2.82 bits per heavy atom. The minimum absolute atomic E-state index is 0.0313. The van der Waals surface area contributed by atoms with Crippen LogP contribution in [0, 0.1) is 5.92 Å². The highest BCUT2D eigenvalue weighted by atomic mass is 79.9. The number of hydrogen-bond acceptors (Lipinski definition) is 4. The van der Waals surface area contributed by atoms with Crippen LogP contribution in [-0.4, -0.2) is 46.6 Å². The van der Waals surface area contributed by atoms with Crippen molar-refractivity contribution in [2.45, 2.75) is 38.8 Å². The Hall–Kier alpha value is -1.57. The smallest absolute Gasteiger partial charge is 0.407 e. The van der Waals surface area contributed by atoms with E-state index in [0.29, 0.717) is 6.54 Å². The number of nitrogens with zero attached hydrogens (tertiary/aromatic N) is 2. The van der Waals surface area contributed by atoms with Gasteiger partial charge in [0.1, 0.15) is 16.5 Å². The van der Waals surface area contributed by atoms with Gasteiger partial charge in [0.05, 0.1) is 19.3 Å². The number of methoxy groups -OCH3 is 1. The number of carbonyl (C=O) groups is 2. The number of H-pyrrole nitrogens is 1. The summed E-state index contributed by atoms with van der Waals surface area (Å²) in [6.45, 7) is 4.45. The fourth-order valence-electron chi connectivity index (χ4n) is 2.68. The van der Waals surface area contributed by atoms with E-state index < -0.39 is 12.1 Å². The number of ether oxygens (including phenoxy) is 1. The first-order valence-corrected chi connectivity index (χ1v) is 8.08. The van der Waals surface area contributed by atoms with Crippen LogP contribution >= 0.6 is 15.9 Å². The first-order chi connectivity index (χ1) is 10.4. The van der Waals surface area contributed by atoms with Crippen LogP contribution in [0.4, 0.5) is 4.79 Å². The molecule has 2 heterocycles. The van der Waals surface area contributed by atoms with Gasteiger partial charge in [0, 0.05) is 6.54 Å². The number of rotatable bonds is 4. The van der Waals surface area contributed by atoms with E-state index in [1.807, 2.05) is 13.8 Å². The van der Waals surface area contributed by atoms with Crippen LogP contribution in [0.1, 0.15) is 38.6 Å². The molecule has 2 amide bonds. The number of carbonyl (C=O) groups excluding carboxylic acids is 2. The van der Waals surface area contributed by atoms with E-state index in [0.717, 1.165) is 23.3 Å². The predicted molar refractivity (Wildman–Crippen MR) is 84.1 cm³/mol. The molecule has 2 atom stereocenters. The van der Waals surface area contributed by atoms with Gasteiger partial charge in [-0.25, -0.2) is 9.78 Å². The summed E-state index contributed by atoms with van der Waals surface area (Å²) >= 11 is 3.34. The lowest BCUT2D eigenvalue weighted by molar-refractivity contribution is -0.135. The summed E-state index contributed by atoms with van der Waals surface area (Å²) in [5, 5.41) is 2.63. The maximum atomic E-state index is 12.8. The molecule has 0 aromatic carbocycles. The number of alkyl carbamates (subject to hydrolysis) is 1. The van der Waals surface area contributed by atoms with E-state index in [2.05, 4.69) is 36.0 Å². The standard InChI is InChI=1S/C14H21BrN4O3/c1-8(2)11(18-14(21)22-3)13(20)19-6-4-5-9(19)12-16-7-10(15)17-12/h7-9,11H,4-6H2,1-3H3,(H,16,17)(H,18,21)/t9-,11?/m0/s1. The molecule has 0 saturated carbocycles. The van der Waals surface area contributed by atoms with Gasteiger partial charge in [-0.05, 0) is 34.7 Å². The van der Waals surface area contributed by atoms with Crippen molar-refractivity contribution in [1.29, 1.82) is 0 Å². The Bertz CT molecular complexity index is 546. The molecule has 0 spiro atoms. The molecular formula is C14H21BrN4O3. The molecule has 2 N–H and O–H groups in total.